The fraction of sp³-hybridized carbons (Fsp3) is 0.825. The van der Waals surface area contributed by atoms with Gasteiger partial charge in [-0.05, 0) is 48.9 Å². The summed E-state index contributed by atoms with van der Waals surface area (Å²) < 4.78 is 0. The number of carbonyl (C=O) groups excluding carboxylic acids is 1. The molecule has 0 radical (unpaired) electrons. The molecule has 1 atom stereocenters. The van der Waals surface area contributed by atoms with Crippen molar-refractivity contribution in [2.75, 3.05) is 12.3 Å². The highest BCUT2D eigenvalue weighted by atomic mass is 33.1. The Hall–Kier alpha value is 0.0900. The molecule has 1 unspecified atom stereocenters. The van der Waals surface area contributed by atoms with Crippen LogP contribution in [0.15, 0.2) is 18.2 Å². The molecule has 1 aromatic rings. The highest BCUT2D eigenvalue weighted by Crippen LogP contribution is 2.37. The van der Waals surface area contributed by atoms with Crippen LogP contribution in [0.5, 0.6) is 0 Å². The molecule has 1 aromatic carbocycles. The van der Waals surface area contributed by atoms with Crippen molar-refractivity contribution in [3.05, 3.63) is 34.9 Å². The molecule has 4 bridgehead atoms. The second kappa shape index (κ2) is 28.9. The summed E-state index contributed by atoms with van der Waals surface area (Å²) in [4.78, 5) is 13.2. The topological polar surface area (TPSA) is 29.1 Å². The van der Waals surface area contributed by atoms with E-state index in [4.69, 9.17) is 0 Å². The minimum atomic E-state index is 0.119. The second-order valence-electron chi connectivity index (χ2n) is 14.1. The van der Waals surface area contributed by atoms with Crippen LogP contribution >= 0.6 is 43.2 Å². The molecule has 2 nitrogen and oxygen atoms in total. The standard InChI is InChI=1S/C40H69NOS4/c42-40-38-32-36-31-37(33-38)35-45-46-39(28-24-20-16-12-8-9-13-17-21-25-29-41-40)27-23-19-15-11-7-5-3-1-2-4-6-10-14-18-22-26-30-43-44-34-36/h31-33,39H,1-30,34-35H2,(H,41,42). The number of fused-ring (bicyclic) bond motifs is 5. The van der Waals surface area contributed by atoms with E-state index in [1.165, 1.54) is 190 Å². The first-order chi connectivity index (χ1) is 22.8. The molecular formula is C40H69NOS4. The Bertz CT molecular complexity index is 881. The van der Waals surface area contributed by atoms with Gasteiger partial charge < -0.3 is 5.32 Å². The van der Waals surface area contributed by atoms with Crippen LogP contribution in [0.3, 0.4) is 0 Å². The summed E-state index contributed by atoms with van der Waals surface area (Å²) in [6.07, 6.45) is 39.0. The highest BCUT2D eigenvalue weighted by molar-refractivity contribution is 8.76. The molecule has 0 saturated heterocycles. The third kappa shape index (κ3) is 21.2. The molecule has 0 aromatic heterocycles. The van der Waals surface area contributed by atoms with E-state index >= 15 is 0 Å². The molecular weight excluding hydrogens is 639 g/mol. The smallest absolute Gasteiger partial charge is 0.251 e. The fourth-order valence-corrected chi connectivity index (χ4v) is 11.9. The first kappa shape index (κ1) is 40.5. The van der Waals surface area contributed by atoms with E-state index in [1.54, 1.807) is 0 Å². The van der Waals surface area contributed by atoms with Crippen molar-refractivity contribution in [2.45, 2.75) is 197 Å². The number of hydrogen-bond acceptors (Lipinski definition) is 5. The number of hydrogen-bond donors (Lipinski definition) is 1. The molecule has 264 valence electrons. The molecule has 1 amide bonds. The fourth-order valence-electron chi connectivity index (χ4n) is 6.89. The van der Waals surface area contributed by atoms with Crippen LogP contribution in [0, 0.1) is 0 Å². The predicted octanol–water partition coefficient (Wildman–Crippen LogP) is 14.5. The Morgan fingerprint density at radius 1 is 0.457 bits per heavy atom. The highest BCUT2D eigenvalue weighted by Gasteiger charge is 2.13. The first-order valence-corrected chi connectivity index (χ1v) is 24.6. The zero-order valence-electron chi connectivity index (χ0n) is 29.5. The van der Waals surface area contributed by atoms with Crippen molar-refractivity contribution < 1.29 is 4.79 Å². The number of nitrogens with one attached hydrogen (secondary N) is 1. The first-order valence-electron chi connectivity index (χ1n) is 19.7. The minimum Gasteiger partial charge on any atom is -0.352 e. The summed E-state index contributed by atoms with van der Waals surface area (Å²) in [6, 6.07) is 6.74. The van der Waals surface area contributed by atoms with Crippen LogP contribution in [-0.4, -0.2) is 23.5 Å². The maximum Gasteiger partial charge on any atom is 0.251 e. The van der Waals surface area contributed by atoms with Gasteiger partial charge in [-0.2, -0.15) is 0 Å². The maximum absolute atomic E-state index is 13.2. The van der Waals surface area contributed by atoms with E-state index in [0.29, 0.717) is 0 Å². The molecule has 0 spiro atoms. The second-order valence-corrected chi connectivity index (χ2v) is 19.4. The van der Waals surface area contributed by atoms with Crippen LogP contribution in [0.25, 0.3) is 0 Å². The monoisotopic (exact) mass is 707 g/mol. The molecule has 2 aliphatic heterocycles. The van der Waals surface area contributed by atoms with Gasteiger partial charge in [-0.3, -0.25) is 4.79 Å². The Labute approximate surface area is 301 Å². The zero-order chi connectivity index (χ0) is 32.2. The van der Waals surface area contributed by atoms with Crippen molar-refractivity contribution in [3.8, 4) is 0 Å². The summed E-state index contributed by atoms with van der Waals surface area (Å²) >= 11 is 0. The van der Waals surface area contributed by atoms with Crippen molar-refractivity contribution in [3.63, 3.8) is 0 Å². The minimum absolute atomic E-state index is 0.119. The molecule has 6 heteroatoms. The average Bonchev–Trinajstić information content (AvgIpc) is 3.06. The normalized spacial score (nSPS) is 24.0. The lowest BCUT2D eigenvalue weighted by molar-refractivity contribution is 0.0952. The number of carbonyl (C=O) groups is 1. The number of amides is 1. The van der Waals surface area contributed by atoms with Gasteiger partial charge in [0.1, 0.15) is 0 Å². The average molecular weight is 708 g/mol. The predicted molar refractivity (Wildman–Crippen MR) is 214 cm³/mol. The van der Waals surface area contributed by atoms with Crippen molar-refractivity contribution in [1.82, 2.24) is 5.32 Å². The van der Waals surface area contributed by atoms with Gasteiger partial charge in [-0.1, -0.05) is 203 Å². The van der Waals surface area contributed by atoms with E-state index in [0.717, 1.165) is 35.3 Å². The van der Waals surface area contributed by atoms with E-state index in [1.807, 2.05) is 32.4 Å². The van der Waals surface area contributed by atoms with Crippen LogP contribution in [-0.2, 0) is 11.5 Å². The van der Waals surface area contributed by atoms with Crippen LogP contribution < -0.4 is 5.32 Å². The summed E-state index contributed by atoms with van der Waals surface area (Å²) in [7, 11) is 8.20. The molecule has 46 heavy (non-hydrogen) atoms. The van der Waals surface area contributed by atoms with Crippen molar-refractivity contribution in [1.29, 1.82) is 0 Å². The Morgan fingerprint density at radius 2 is 0.870 bits per heavy atom. The molecule has 3 rings (SSSR count). The quantitative estimate of drug-likeness (QED) is 0.271. The van der Waals surface area contributed by atoms with Gasteiger partial charge in [0.05, 0.1) is 0 Å². The third-order valence-electron chi connectivity index (χ3n) is 9.80. The zero-order valence-corrected chi connectivity index (χ0v) is 32.7. The van der Waals surface area contributed by atoms with Gasteiger partial charge in [-0.25, -0.2) is 0 Å². The van der Waals surface area contributed by atoms with Gasteiger partial charge in [0.25, 0.3) is 5.91 Å². The molecule has 2 aliphatic rings. The summed E-state index contributed by atoms with van der Waals surface area (Å²) in [5.74, 6) is 3.34. The lowest BCUT2D eigenvalue weighted by atomic mass is 10.0. The molecule has 0 fully saturated rings. The van der Waals surface area contributed by atoms with Crippen LogP contribution in [0.4, 0.5) is 0 Å². The SMILES string of the molecule is O=C1NCCCCCCCCCCCCC2CCCCCCCCCCCCCCCCCCSSCc3cc(cc1c3)CSS2. The van der Waals surface area contributed by atoms with E-state index in [9.17, 15) is 4.79 Å². The molecule has 1 N–H and O–H groups in total. The molecule has 0 saturated carbocycles. The van der Waals surface area contributed by atoms with E-state index < -0.39 is 0 Å². The van der Waals surface area contributed by atoms with Crippen LogP contribution in [0.2, 0.25) is 0 Å². The molecule has 0 aliphatic carbocycles. The van der Waals surface area contributed by atoms with Gasteiger partial charge in [0.2, 0.25) is 0 Å². The van der Waals surface area contributed by atoms with Gasteiger partial charge in [-0.15, -0.1) is 0 Å². The van der Waals surface area contributed by atoms with Crippen LogP contribution in [0.1, 0.15) is 201 Å². The molecule has 2 heterocycles. The van der Waals surface area contributed by atoms with Gasteiger partial charge >= 0.3 is 0 Å². The lowest BCUT2D eigenvalue weighted by Gasteiger charge is -2.17. The van der Waals surface area contributed by atoms with E-state index in [-0.39, 0.29) is 5.91 Å². The third-order valence-corrected chi connectivity index (χ3v) is 15.1. The summed E-state index contributed by atoms with van der Waals surface area (Å²) in [5, 5.41) is 4.02. The maximum atomic E-state index is 13.2. The Morgan fingerprint density at radius 3 is 1.37 bits per heavy atom. The number of benzene rings is 1. The van der Waals surface area contributed by atoms with Crippen molar-refractivity contribution in [2.24, 2.45) is 0 Å². The Kier molecular flexibility index (Phi) is 25.4. The van der Waals surface area contributed by atoms with Gasteiger partial charge in [0.15, 0.2) is 0 Å². The lowest BCUT2D eigenvalue weighted by Crippen LogP contribution is -2.24. The number of rotatable bonds is 0. The van der Waals surface area contributed by atoms with Crippen molar-refractivity contribution >= 4 is 49.1 Å². The largest absolute Gasteiger partial charge is 0.352 e. The summed E-state index contributed by atoms with van der Waals surface area (Å²) in [5.41, 5.74) is 3.50. The van der Waals surface area contributed by atoms with Gasteiger partial charge in [0, 0.05) is 34.6 Å². The van der Waals surface area contributed by atoms with E-state index in [2.05, 4.69) is 34.3 Å². The Balaban J connectivity index is 1.60. The summed E-state index contributed by atoms with van der Waals surface area (Å²) in [6.45, 7) is 0.801.